The number of benzene rings is 1. The van der Waals surface area contributed by atoms with Gasteiger partial charge in [0.1, 0.15) is 0 Å². The summed E-state index contributed by atoms with van der Waals surface area (Å²) in [7, 11) is 0. The summed E-state index contributed by atoms with van der Waals surface area (Å²) in [4.78, 5) is 11.8. The summed E-state index contributed by atoms with van der Waals surface area (Å²) in [5, 5.41) is 19.6. The second kappa shape index (κ2) is 6.65. The molecule has 2 N–H and O–H groups in total. The predicted octanol–water partition coefficient (Wildman–Crippen LogP) is 0.518. The Bertz CT molecular complexity index is 499. The van der Waals surface area contributed by atoms with Crippen molar-refractivity contribution < 1.29 is 9.90 Å². The van der Waals surface area contributed by atoms with Gasteiger partial charge in [-0.1, -0.05) is 35.5 Å². The third-order valence-corrected chi connectivity index (χ3v) is 2.76. The zero-order chi connectivity index (χ0) is 13.5. The van der Waals surface area contributed by atoms with Gasteiger partial charge in [0.15, 0.2) is 0 Å². The maximum absolute atomic E-state index is 11.8. The molecule has 6 nitrogen and oxygen atoms in total. The van der Waals surface area contributed by atoms with E-state index in [4.69, 9.17) is 0 Å². The first-order valence-electron chi connectivity index (χ1n) is 6.09. The van der Waals surface area contributed by atoms with Crippen LogP contribution in [0.3, 0.4) is 0 Å². The van der Waals surface area contributed by atoms with E-state index in [1.54, 1.807) is 17.1 Å². The van der Waals surface area contributed by atoms with Gasteiger partial charge in [0.25, 0.3) is 0 Å². The highest BCUT2D eigenvalue weighted by atomic mass is 16.3. The molecule has 1 heterocycles. The van der Waals surface area contributed by atoms with Gasteiger partial charge < -0.3 is 10.4 Å². The largest absolute Gasteiger partial charge is 0.394 e. The van der Waals surface area contributed by atoms with Crippen LogP contribution in [0.15, 0.2) is 42.7 Å². The minimum Gasteiger partial charge on any atom is -0.394 e. The molecule has 0 unspecified atom stereocenters. The molecule has 1 aromatic carbocycles. The first-order valence-corrected chi connectivity index (χ1v) is 6.09. The lowest BCUT2D eigenvalue weighted by atomic mass is 10.1. The van der Waals surface area contributed by atoms with E-state index in [0.29, 0.717) is 13.0 Å². The number of aliphatic hydroxyl groups excluding tert-OH is 1. The van der Waals surface area contributed by atoms with Gasteiger partial charge in [0.2, 0.25) is 5.91 Å². The molecule has 0 aliphatic heterocycles. The average molecular weight is 260 g/mol. The van der Waals surface area contributed by atoms with E-state index in [0.717, 1.165) is 5.56 Å². The highest BCUT2D eigenvalue weighted by molar-refractivity contribution is 5.76. The van der Waals surface area contributed by atoms with Crippen LogP contribution in [0.4, 0.5) is 0 Å². The molecule has 0 spiro atoms. The molecule has 1 amide bonds. The maximum atomic E-state index is 11.8. The standard InChI is InChI=1S/C13H16N4O2/c18-10-12(11-4-2-1-3-5-11)15-13(19)6-8-17-9-7-14-16-17/h1-5,7,9,12,18H,6,8,10H2,(H,15,19)/t12-/m1/s1. The number of aliphatic hydroxyl groups is 1. The highest BCUT2D eigenvalue weighted by Crippen LogP contribution is 2.11. The summed E-state index contributed by atoms with van der Waals surface area (Å²) in [6, 6.07) is 9.02. The fourth-order valence-corrected chi connectivity index (χ4v) is 1.75. The molecule has 0 aliphatic carbocycles. The number of nitrogens with one attached hydrogen (secondary N) is 1. The Morgan fingerprint density at radius 3 is 2.79 bits per heavy atom. The molecule has 0 aliphatic rings. The molecule has 0 bridgehead atoms. The molecule has 6 heteroatoms. The molecule has 0 radical (unpaired) electrons. The van der Waals surface area contributed by atoms with Crippen molar-refractivity contribution in [3.63, 3.8) is 0 Å². The lowest BCUT2D eigenvalue weighted by Gasteiger charge is -2.16. The zero-order valence-electron chi connectivity index (χ0n) is 10.4. The van der Waals surface area contributed by atoms with Gasteiger partial charge in [0, 0.05) is 12.6 Å². The number of carbonyl (C=O) groups excluding carboxylic acids is 1. The molecular formula is C13H16N4O2. The van der Waals surface area contributed by atoms with Crippen LogP contribution in [-0.2, 0) is 11.3 Å². The van der Waals surface area contributed by atoms with Crippen molar-refractivity contribution in [2.24, 2.45) is 0 Å². The van der Waals surface area contributed by atoms with Crippen LogP contribution < -0.4 is 5.32 Å². The number of hydrogen-bond acceptors (Lipinski definition) is 4. The Balaban J connectivity index is 1.86. The van der Waals surface area contributed by atoms with Gasteiger partial charge in [-0.2, -0.15) is 0 Å². The number of amides is 1. The second-order valence-electron chi connectivity index (χ2n) is 4.13. The summed E-state index contributed by atoms with van der Waals surface area (Å²) in [5.74, 6) is -0.126. The Labute approximate surface area is 111 Å². The number of aromatic nitrogens is 3. The van der Waals surface area contributed by atoms with Crippen LogP contribution in [0.1, 0.15) is 18.0 Å². The van der Waals surface area contributed by atoms with E-state index < -0.39 is 0 Å². The van der Waals surface area contributed by atoms with Crippen LogP contribution in [-0.4, -0.2) is 32.6 Å². The minimum absolute atomic E-state index is 0.126. The minimum atomic E-state index is -0.371. The monoisotopic (exact) mass is 260 g/mol. The average Bonchev–Trinajstić information content (AvgIpc) is 2.97. The normalized spacial score (nSPS) is 12.1. The molecule has 0 saturated heterocycles. The Morgan fingerprint density at radius 1 is 1.37 bits per heavy atom. The van der Waals surface area contributed by atoms with Crippen molar-refractivity contribution in [2.45, 2.75) is 19.0 Å². The maximum Gasteiger partial charge on any atom is 0.222 e. The lowest BCUT2D eigenvalue weighted by Crippen LogP contribution is -2.31. The van der Waals surface area contributed by atoms with E-state index >= 15 is 0 Å². The van der Waals surface area contributed by atoms with E-state index in [2.05, 4.69) is 15.6 Å². The van der Waals surface area contributed by atoms with Crippen molar-refractivity contribution in [1.29, 1.82) is 0 Å². The first kappa shape index (κ1) is 13.2. The van der Waals surface area contributed by atoms with E-state index in [1.807, 2.05) is 30.3 Å². The highest BCUT2D eigenvalue weighted by Gasteiger charge is 2.13. The summed E-state index contributed by atoms with van der Waals surface area (Å²) in [5.41, 5.74) is 0.888. The number of hydrogen-bond donors (Lipinski definition) is 2. The molecule has 2 aromatic rings. The van der Waals surface area contributed by atoms with E-state index in [-0.39, 0.29) is 18.6 Å². The van der Waals surface area contributed by atoms with Crippen molar-refractivity contribution in [3.8, 4) is 0 Å². The van der Waals surface area contributed by atoms with Gasteiger partial charge in [-0.25, -0.2) is 0 Å². The molecule has 1 aromatic heterocycles. The predicted molar refractivity (Wildman–Crippen MR) is 69.1 cm³/mol. The summed E-state index contributed by atoms with van der Waals surface area (Å²) >= 11 is 0. The van der Waals surface area contributed by atoms with Gasteiger partial charge in [-0.05, 0) is 5.56 Å². The Kier molecular flexibility index (Phi) is 4.63. The van der Waals surface area contributed by atoms with Crippen LogP contribution in [0.2, 0.25) is 0 Å². The third kappa shape index (κ3) is 3.89. The van der Waals surface area contributed by atoms with E-state index in [1.165, 1.54) is 0 Å². The third-order valence-electron chi connectivity index (χ3n) is 2.76. The quantitative estimate of drug-likeness (QED) is 0.793. The molecule has 2 rings (SSSR count). The number of rotatable bonds is 6. The summed E-state index contributed by atoms with van der Waals surface area (Å²) in [6.07, 6.45) is 3.57. The first-order chi connectivity index (χ1) is 9.29. The molecule has 100 valence electrons. The van der Waals surface area contributed by atoms with Gasteiger partial charge in [-0.15, -0.1) is 5.10 Å². The number of carbonyl (C=O) groups is 1. The SMILES string of the molecule is O=C(CCn1ccnn1)N[C@H](CO)c1ccccc1. The van der Waals surface area contributed by atoms with Crippen LogP contribution in [0.5, 0.6) is 0 Å². The summed E-state index contributed by atoms with van der Waals surface area (Å²) < 4.78 is 1.59. The van der Waals surface area contributed by atoms with Crippen LogP contribution >= 0.6 is 0 Å². The van der Waals surface area contributed by atoms with Crippen molar-refractivity contribution in [2.75, 3.05) is 6.61 Å². The topological polar surface area (TPSA) is 80.0 Å². The molecule has 19 heavy (non-hydrogen) atoms. The molecular weight excluding hydrogens is 244 g/mol. The van der Waals surface area contributed by atoms with Crippen molar-refractivity contribution in [3.05, 3.63) is 48.3 Å². The number of nitrogens with zero attached hydrogens (tertiary/aromatic N) is 3. The Hall–Kier alpha value is -2.21. The summed E-state index contributed by atoms with van der Waals surface area (Å²) in [6.45, 7) is 0.345. The zero-order valence-corrected chi connectivity index (χ0v) is 10.4. The fourth-order valence-electron chi connectivity index (χ4n) is 1.75. The Morgan fingerprint density at radius 2 is 2.16 bits per heavy atom. The van der Waals surface area contributed by atoms with Crippen LogP contribution in [0, 0.1) is 0 Å². The van der Waals surface area contributed by atoms with Gasteiger partial charge >= 0.3 is 0 Å². The van der Waals surface area contributed by atoms with E-state index in [9.17, 15) is 9.90 Å². The van der Waals surface area contributed by atoms with Crippen LogP contribution in [0.25, 0.3) is 0 Å². The lowest BCUT2D eigenvalue weighted by molar-refractivity contribution is -0.122. The second-order valence-corrected chi connectivity index (χ2v) is 4.13. The molecule has 0 saturated carbocycles. The van der Waals surface area contributed by atoms with Gasteiger partial charge in [-0.3, -0.25) is 9.48 Å². The fraction of sp³-hybridized carbons (Fsp3) is 0.308. The van der Waals surface area contributed by atoms with Crippen molar-refractivity contribution >= 4 is 5.91 Å². The van der Waals surface area contributed by atoms with Crippen molar-refractivity contribution in [1.82, 2.24) is 20.3 Å². The molecule has 0 fully saturated rings. The smallest absolute Gasteiger partial charge is 0.222 e. The molecule has 1 atom stereocenters. The van der Waals surface area contributed by atoms with Gasteiger partial charge in [0.05, 0.1) is 25.4 Å². The number of aryl methyl sites for hydroxylation is 1.